The Morgan fingerprint density at radius 1 is 0.944 bits per heavy atom. The first-order valence-corrected chi connectivity index (χ1v) is 12.6. The summed E-state index contributed by atoms with van der Waals surface area (Å²) in [6.45, 7) is 1.98. The number of benzene rings is 3. The first kappa shape index (κ1) is 25.5. The molecule has 4 rings (SSSR count). The molecule has 0 saturated heterocycles. The van der Waals surface area contributed by atoms with Crippen molar-refractivity contribution in [2.24, 2.45) is 0 Å². The maximum absolute atomic E-state index is 13.8. The second-order valence-corrected chi connectivity index (χ2v) is 9.54. The molecule has 5 nitrogen and oxygen atoms in total. The number of hydrogen-bond donors (Lipinski definition) is 1. The van der Waals surface area contributed by atoms with Gasteiger partial charge >= 0.3 is 0 Å². The van der Waals surface area contributed by atoms with E-state index in [1.165, 1.54) is 4.90 Å². The monoisotopic (exact) mass is 502 g/mol. The highest BCUT2D eigenvalue weighted by Crippen LogP contribution is 2.26. The topological polar surface area (TPSA) is 58.6 Å². The fourth-order valence-corrected chi connectivity index (χ4v) is 4.57. The second-order valence-electron chi connectivity index (χ2n) is 9.11. The Balaban J connectivity index is 1.73. The van der Waals surface area contributed by atoms with E-state index in [0.717, 1.165) is 11.1 Å². The maximum Gasteiger partial charge on any atom is 0.258 e. The number of amides is 2. The molecule has 3 aromatic rings. The van der Waals surface area contributed by atoms with Crippen molar-refractivity contribution in [2.45, 2.75) is 44.4 Å². The number of fused-ring (bicyclic) bond motifs is 1. The second kappa shape index (κ2) is 11.9. The predicted octanol–water partition coefficient (Wildman–Crippen LogP) is 6.00. The van der Waals surface area contributed by atoms with Crippen LogP contribution in [0.1, 0.15) is 47.3 Å². The highest BCUT2D eigenvalue weighted by molar-refractivity contribution is 6.30. The van der Waals surface area contributed by atoms with Crippen LogP contribution < -0.4 is 10.1 Å². The lowest BCUT2D eigenvalue weighted by molar-refractivity contribution is -0.126. The number of rotatable bonds is 3. The van der Waals surface area contributed by atoms with Crippen LogP contribution in [-0.4, -0.2) is 35.9 Å². The van der Waals surface area contributed by atoms with Crippen molar-refractivity contribution in [3.63, 3.8) is 0 Å². The number of nitrogens with zero attached hydrogens (tertiary/aromatic N) is 1. The van der Waals surface area contributed by atoms with Gasteiger partial charge < -0.3 is 15.0 Å². The minimum atomic E-state index is -0.723. The van der Waals surface area contributed by atoms with Gasteiger partial charge in [0.2, 0.25) is 5.91 Å². The number of hydrogen-bond acceptors (Lipinski definition) is 3. The molecule has 6 heteroatoms. The van der Waals surface area contributed by atoms with Gasteiger partial charge in [0.05, 0.1) is 17.7 Å². The summed E-state index contributed by atoms with van der Waals surface area (Å²) in [7, 11) is 1.68. The Labute approximate surface area is 217 Å². The Morgan fingerprint density at radius 2 is 1.67 bits per heavy atom. The Bertz CT molecular complexity index is 1230. The Morgan fingerprint density at radius 3 is 2.44 bits per heavy atom. The quantitative estimate of drug-likeness (QED) is 0.447. The SMILES string of the molecule is C[C@H]1C/C=C/C[C@@H](c2cccc(Cl)c2)NC(=O)[C@H](Cc2ccccc2)N(C)C(=O)c2ccccc2O1. The largest absolute Gasteiger partial charge is 0.490 e. The van der Waals surface area contributed by atoms with E-state index in [-0.39, 0.29) is 24.0 Å². The van der Waals surface area contributed by atoms with Crippen LogP contribution >= 0.6 is 11.6 Å². The predicted molar refractivity (Wildman–Crippen MR) is 143 cm³/mol. The molecule has 3 aromatic carbocycles. The third kappa shape index (κ3) is 6.35. The lowest BCUT2D eigenvalue weighted by Crippen LogP contribution is -2.49. The van der Waals surface area contributed by atoms with Crippen LogP contribution in [0.25, 0.3) is 0 Å². The van der Waals surface area contributed by atoms with E-state index in [2.05, 4.69) is 17.5 Å². The smallest absolute Gasteiger partial charge is 0.258 e. The van der Waals surface area contributed by atoms with Crippen LogP contribution in [-0.2, 0) is 11.2 Å². The molecular formula is C30H31ClN2O3. The number of nitrogens with one attached hydrogen (secondary N) is 1. The Hall–Kier alpha value is -3.57. The van der Waals surface area contributed by atoms with Crippen molar-refractivity contribution in [1.82, 2.24) is 10.2 Å². The van der Waals surface area contributed by atoms with Gasteiger partial charge in [0.25, 0.3) is 5.91 Å². The van der Waals surface area contributed by atoms with E-state index >= 15 is 0 Å². The molecular weight excluding hydrogens is 472 g/mol. The summed E-state index contributed by atoms with van der Waals surface area (Å²) in [6, 6.07) is 23.4. The molecule has 0 radical (unpaired) electrons. The van der Waals surface area contributed by atoms with E-state index in [0.29, 0.717) is 35.6 Å². The summed E-state index contributed by atoms with van der Waals surface area (Å²) in [5.74, 6) is 0.0284. The van der Waals surface area contributed by atoms with Crippen molar-refractivity contribution >= 4 is 23.4 Å². The number of carbonyl (C=O) groups is 2. The molecule has 0 aromatic heterocycles. The zero-order valence-corrected chi connectivity index (χ0v) is 21.3. The first-order chi connectivity index (χ1) is 17.4. The molecule has 0 bridgehead atoms. The van der Waals surface area contributed by atoms with Gasteiger partial charge in [-0.1, -0.05) is 78.4 Å². The van der Waals surface area contributed by atoms with Gasteiger partial charge in [-0.3, -0.25) is 9.59 Å². The zero-order valence-electron chi connectivity index (χ0n) is 20.6. The lowest BCUT2D eigenvalue weighted by atomic mass is 9.99. The highest BCUT2D eigenvalue weighted by Gasteiger charge is 2.31. The van der Waals surface area contributed by atoms with Gasteiger partial charge in [-0.05, 0) is 48.7 Å². The van der Waals surface area contributed by atoms with Crippen LogP contribution in [0.15, 0.2) is 91.0 Å². The fourth-order valence-electron chi connectivity index (χ4n) is 4.38. The van der Waals surface area contributed by atoms with E-state index < -0.39 is 6.04 Å². The van der Waals surface area contributed by atoms with E-state index in [9.17, 15) is 9.59 Å². The van der Waals surface area contributed by atoms with Gasteiger partial charge in [-0.2, -0.15) is 0 Å². The summed E-state index contributed by atoms with van der Waals surface area (Å²) in [4.78, 5) is 29.0. The number of likely N-dealkylation sites (N-methyl/N-ethyl adjacent to an activating group) is 1. The fraction of sp³-hybridized carbons (Fsp3) is 0.267. The molecule has 0 spiro atoms. The minimum Gasteiger partial charge on any atom is -0.490 e. The van der Waals surface area contributed by atoms with Crippen LogP contribution in [0.2, 0.25) is 5.02 Å². The maximum atomic E-state index is 13.8. The number of carbonyl (C=O) groups excluding carboxylic acids is 2. The molecule has 36 heavy (non-hydrogen) atoms. The van der Waals surface area contributed by atoms with E-state index in [4.69, 9.17) is 16.3 Å². The van der Waals surface area contributed by atoms with Gasteiger partial charge in [-0.15, -0.1) is 0 Å². The lowest BCUT2D eigenvalue weighted by Gasteiger charge is -2.30. The number of ether oxygens (including phenoxy) is 1. The molecule has 0 fully saturated rings. The third-order valence-corrected chi connectivity index (χ3v) is 6.62. The van der Waals surface area contributed by atoms with Crippen molar-refractivity contribution in [3.05, 3.63) is 113 Å². The molecule has 0 saturated carbocycles. The average Bonchev–Trinajstić information content (AvgIpc) is 2.88. The normalized spacial score (nSPS) is 22.1. The minimum absolute atomic E-state index is 0.122. The van der Waals surface area contributed by atoms with Crippen molar-refractivity contribution in [3.8, 4) is 5.75 Å². The van der Waals surface area contributed by atoms with Gasteiger partial charge in [0.1, 0.15) is 11.8 Å². The van der Waals surface area contributed by atoms with Crippen molar-refractivity contribution < 1.29 is 14.3 Å². The van der Waals surface area contributed by atoms with Gasteiger partial charge in [0.15, 0.2) is 0 Å². The summed E-state index contributed by atoms with van der Waals surface area (Å²) in [5, 5.41) is 3.81. The molecule has 1 aliphatic heterocycles. The molecule has 0 aliphatic carbocycles. The van der Waals surface area contributed by atoms with E-state index in [1.807, 2.05) is 73.7 Å². The highest BCUT2D eigenvalue weighted by atomic mass is 35.5. The van der Waals surface area contributed by atoms with Crippen molar-refractivity contribution in [1.29, 1.82) is 0 Å². The van der Waals surface area contributed by atoms with Crippen LogP contribution in [0, 0.1) is 0 Å². The first-order valence-electron chi connectivity index (χ1n) is 12.2. The van der Waals surface area contributed by atoms with E-state index in [1.54, 1.807) is 19.2 Å². The third-order valence-electron chi connectivity index (χ3n) is 6.38. The molecule has 0 unspecified atom stereocenters. The van der Waals surface area contributed by atoms with Crippen LogP contribution in [0.4, 0.5) is 0 Å². The molecule has 1 heterocycles. The van der Waals surface area contributed by atoms with Gasteiger partial charge in [-0.25, -0.2) is 0 Å². The number of halogens is 1. The van der Waals surface area contributed by atoms with Crippen molar-refractivity contribution in [2.75, 3.05) is 7.05 Å². The average molecular weight is 503 g/mol. The summed E-state index contributed by atoms with van der Waals surface area (Å²) >= 11 is 6.26. The summed E-state index contributed by atoms with van der Waals surface area (Å²) < 4.78 is 6.15. The summed E-state index contributed by atoms with van der Waals surface area (Å²) in [6.07, 6.45) is 5.63. The standard InChI is InChI=1S/C30H31ClN2O3/c1-21-11-6-8-17-26(23-14-10-15-24(31)20-23)32-29(34)27(19-22-12-4-3-5-13-22)33(2)30(35)25-16-7-9-18-28(25)36-21/h3-10,12-16,18,20-21,26-27H,11,17,19H2,1-2H3,(H,32,34)/b8-6+/t21-,26-,27-/m0/s1. The zero-order chi connectivity index (χ0) is 25.5. The molecule has 1 aliphatic rings. The van der Waals surface area contributed by atoms with Gasteiger partial charge in [0, 0.05) is 24.9 Å². The number of para-hydroxylation sites is 1. The Kier molecular flexibility index (Phi) is 8.44. The molecule has 186 valence electrons. The van der Waals surface area contributed by atoms with Crippen LogP contribution in [0.5, 0.6) is 5.75 Å². The summed E-state index contributed by atoms with van der Waals surface area (Å²) in [5.41, 5.74) is 2.32. The molecule has 1 N–H and O–H groups in total. The molecule has 2 amide bonds. The molecule has 3 atom stereocenters. The van der Waals surface area contributed by atoms with Crippen LogP contribution in [0.3, 0.4) is 0 Å².